The average Bonchev–Trinajstić information content (AvgIpc) is 2.36. The van der Waals surface area contributed by atoms with E-state index in [0.717, 1.165) is 36.5 Å². The Balaban J connectivity index is 2.70. The summed E-state index contributed by atoms with van der Waals surface area (Å²) in [7, 11) is 0. The van der Waals surface area contributed by atoms with Crippen LogP contribution in [0.4, 0.5) is 5.82 Å². The third-order valence-electron chi connectivity index (χ3n) is 3.23. The Kier molecular flexibility index (Phi) is 7.14. The molecule has 0 bridgehead atoms. The van der Waals surface area contributed by atoms with Crippen molar-refractivity contribution in [2.75, 3.05) is 5.32 Å². The van der Waals surface area contributed by atoms with Crippen LogP contribution in [-0.4, -0.2) is 16.0 Å². The zero-order chi connectivity index (χ0) is 14.3. The van der Waals surface area contributed by atoms with Crippen LogP contribution in [-0.2, 0) is 6.42 Å². The summed E-state index contributed by atoms with van der Waals surface area (Å²) in [4.78, 5) is 8.90. The summed E-state index contributed by atoms with van der Waals surface area (Å²) in [5, 5.41) is 4.04. The van der Waals surface area contributed by atoms with Crippen LogP contribution < -0.4 is 5.32 Å². The van der Waals surface area contributed by atoms with Crippen LogP contribution in [0.1, 0.15) is 64.3 Å². The SMILES string of the molecule is CCCCCC(C)Nc1nc(CCC)nc(Cl)c1C. The fraction of sp³-hybridized carbons (Fsp3) is 0.733. The molecule has 0 aliphatic heterocycles. The molecule has 1 aromatic rings. The van der Waals surface area contributed by atoms with Gasteiger partial charge in [0.05, 0.1) is 0 Å². The highest BCUT2D eigenvalue weighted by Crippen LogP contribution is 2.21. The molecule has 0 spiro atoms. The minimum atomic E-state index is 0.422. The van der Waals surface area contributed by atoms with Gasteiger partial charge in [0.15, 0.2) is 0 Å². The molecule has 4 heteroatoms. The van der Waals surface area contributed by atoms with E-state index < -0.39 is 0 Å². The number of hydrogen-bond donors (Lipinski definition) is 1. The van der Waals surface area contributed by atoms with Crippen LogP contribution in [0.5, 0.6) is 0 Å². The lowest BCUT2D eigenvalue weighted by Gasteiger charge is -2.17. The van der Waals surface area contributed by atoms with Crippen LogP contribution in [0.15, 0.2) is 0 Å². The molecular formula is C15H26ClN3. The quantitative estimate of drug-likeness (QED) is 0.551. The molecule has 1 heterocycles. The van der Waals surface area contributed by atoms with Crippen LogP contribution in [0.2, 0.25) is 5.15 Å². The normalized spacial score (nSPS) is 12.5. The first-order chi connectivity index (χ1) is 9.08. The molecule has 1 rings (SSSR count). The molecule has 0 aliphatic rings. The van der Waals surface area contributed by atoms with Gasteiger partial charge in [0.2, 0.25) is 0 Å². The summed E-state index contributed by atoms with van der Waals surface area (Å²) < 4.78 is 0. The van der Waals surface area contributed by atoms with Crippen molar-refractivity contribution >= 4 is 17.4 Å². The Morgan fingerprint density at radius 3 is 2.53 bits per heavy atom. The lowest BCUT2D eigenvalue weighted by Crippen LogP contribution is -2.18. The van der Waals surface area contributed by atoms with Gasteiger partial charge in [-0.2, -0.15) is 0 Å². The number of nitrogens with zero attached hydrogens (tertiary/aromatic N) is 2. The van der Waals surface area contributed by atoms with Crippen molar-refractivity contribution in [2.45, 2.75) is 72.3 Å². The lowest BCUT2D eigenvalue weighted by molar-refractivity contribution is 0.612. The molecule has 1 aromatic heterocycles. The first kappa shape index (κ1) is 16.2. The van der Waals surface area contributed by atoms with Crippen molar-refractivity contribution < 1.29 is 0 Å². The third-order valence-corrected chi connectivity index (χ3v) is 3.60. The highest BCUT2D eigenvalue weighted by Gasteiger charge is 2.11. The van der Waals surface area contributed by atoms with Crippen LogP contribution in [0.25, 0.3) is 0 Å². The molecule has 0 fully saturated rings. The number of aryl methyl sites for hydroxylation is 1. The van der Waals surface area contributed by atoms with Gasteiger partial charge in [-0.25, -0.2) is 9.97 Å². The van der Waals surface area contributed by atoms with Crippen LogP contribution in [0, 0.1) is 6.92 Å². The van der Waals surface area contributed by atoms with Gasteiger partial charge in [-0.15, -0.1) is 0 Å². The summed E-state index contributed by atoms with van der Waals surface area (Å²) in [6, 6.07) is 0.422. The monoisotopic (exact) mass is 283 g/mol. The Labute approximate surface area is 122 Å². The Bertz CT molecular complexity index is 393. The molecule has 3 nitrogen and oxygen atoms in total. The van der Waals surface area contributed by atoms with Crippen LogP contribution in [0.3, 0.4) is 0 Å². The average molecular weight is 284 g/mol. The van der Waals surface area contributed by atoms with E-state index in [1.807, 2.05) is 6.92 Å². The molecule has 0 radical (unpaired) electrons. The second kappa shape index (κ2) is 8.36. The maximum absolute atomic E-state index is 6.17. The summed E-state index contributed by atoms with van der Waals surface area (Å²) in [6.07, 6.45) is 6.87. The second-order valence-electron chi connectivity index (χ2n) is 5.20. The number of hydrogen-bond acceptors (Lipinski definition) is 3. The minimum absolute atomic E-state index is 0.422. The fourth-order valence-electron chi connectivity index (χ4n) is 2.01. The Hall–Kier alpha value is -0.830. The molecule has 108 valence electrons. The molecule has 1 N–H and O–H groups in total. The van der Waals surface area contributed by atoms with Gasteiger partial charge < -0.3 is 5.32 Å². The molecule has 19 heavy (non-hydrogen) atoms. The van der Waals surface area contributed by atoms with Crippen molar-refractivity contribution in [1.29, 1.82) is 0 Å². The maximum atomic E-state index is 6.17. The van der Waals surface area contributed by atoms with E-state index in [0.29, 0.717) is 11.2 Å². The van der Waals surface area contributed by atoms with Crippen LogP contribution >= 0.6 is 11.6 Å². The number of aromatic nitrogens is 2. The molecule has 0 aromatic carbocycles. The Morgan fingerprint density at radius 2 is 1.89 bits per heavy atom. The molecule has 1 unspecified atom stereocenters. The Morgan fingerprint density at radius 1 is 1.16 bits per heavy atom. The van der Waals surface area contributed by atoms with Crippen molar-refractivity contribution in [1.82, 2.24) is 9.97 Å². The van der Waals surface area contributed by atoms with Crippen molar-refractivity contribution in [2.24, 2.45) is 0 Å². The van der Waals surface area contributed by atoms with Gasteiger partial charge in [0, 0.05) is 18.0 Å². The van der Waals surface area contributed by atoms with Gasteiger partial charge in [0.25, 0.3) is 0 Å². The first-order valence-electron chi connectivity index (χ1n) is 7.38. The van der Waals surface area contributed by atoms with E-state index in [4.69, 9.17) is 11.6 Å². The highest BCUT2D eigenvalue weighted by molar-refractivity contribution is 6.30. The molecular weight excluding hydrogens is 258 g/mol. The van der Waals surface area contributed by atoms with E-state index in [9.17, 15) is 0 Å². The van der Waals surface area contributed by atoms with E-state index >= 15 is 0 Å². The largest absolute Gasteiger partial charge is 0.367 e. The summed E-state index contributed by atoms with van der Waals surface area (Å²) in [6.45, 7) is 8.52. The van der Waals surface area contributed by atoms with Gasteiger partial charge in [0.1, 0.15) is 16.8 Å². The predicted molar refractivity (Wildman–Crippen MR) is 83.0 cm³/mol. The molecule has 1 atom stereocenters. The topological polar surface area (TPSA) is 37.8 Å². The lowest BCUT2D eigenvalue weighted by atomic mass is 10.1. The number of unbranched alkanes of at least 4 members (excludes halogenated alkanes) is 2. The predicted octanol–water partition coefficient (Wildman–Crippen LogP) is 4.77. The van der Waals surface area contributed by atoms with Crippen molar-refractivity contribution in [3.63, 3.8) is 0 Å². The van der Waals surface area contributed by atoms with E-state index in [2.05, 4.69) is 36.1 Å². The van der Waals surface area contributed by atoms with E-state index in [-0.39, 0.29) is 0 Å². The third kappa shape index (κ3) is 5.35. The van der Waals surface area contributed by atoms with Gasteiger partial charge in [-0.3, -0.25) is 0 Å². The van der Waals surface area contributed by atoms with Gasteiger partial charge >= 0.3 is 0 Å². The first-order valence-corrected chi connectivity index (χ1v) is 7.75. The number of anilines is 1. The van der Waals surface area contributed by atoms with Crippen molar-refractivity contribution in [3.8, 4) is 0 Å². The zero-order valence-corrected chi connectivity index (χ0v) is 13.3. The van der Waals surface area contributed by atoms with Gasteiger partial charge in [-0.1, -0.05) is 44.7 Å². The number of rotatable bonds is 8. The fourth-order valence-corrected chi connectivity index (χ4v) is 2.20. The molecule has 0 aliphatic carbocycles. The number of nitrogens with one attached hydrogen (secondary N) is 1. The highest BCUT2D eigenvalue weighted by atomic mass is 35.5. The summed E-state index contributed by atoms with van der Waals surface area (Å²) in [5.74, 6) is 1.73. The summed E-state index contributed by atoms with van der Waals surface area (Å²) >= 11 is 6.17. The number of halogens is 1. The van der Waals surface area contributed by atoms with Gasteiger partial charge in [-0.05, 0) is 26.7 Å². The van der Waals surface area contributed by atoms with E-state index in [1.54, 1.807) is 0 Å². The van der Waals surface area contributed by atoms with Crippen molar-refractivity contribution in [3.05, 3.63) is 16.5 Å². The smallest absolute Gasteiger partial charge is 0.137 e. The molecule has 0 saturated heterocycles. The zero-order valence-electron chi connectivity index (χ0n) is 12.6. The molecule has 0 amide bonds. The van der Waals surface area contributed by atoms with E-state index in [1.165, 1.54) is 19.3 Å². The maximum Gasteiger partial charge on any atom is 0.137 e. The minimum Gasteiger partial charge on any atom is -0.367 e. The summed E-state index contributed by atoms with van der Waals surface area (Å²) in [5.41, 5.74) is 0.948. The standard InChI is InChI=1S/C15H26ClN3/c1-5-7-8-10-11(3)17-15-12(4)14(16)18-13(19-15)9-6-2/h11H,5-10H2,1-4H3,(H,17,18,19). The molecule has 0 saturated carbocycles. The second-order valence-corrected chi connectivity index (χ2v) is 5.55.